The van der Waals surface area contributed by atoms with Gasteiger partial charge in [0.25, 0.3) is 0 Å². The Morgan fingerprint density at radius 2 is 1.86 bits per heavy atom. The van der Waals surface area contributed by atoms with Gasteiger partial charge in [0.1, 0.15) is 6.33 Å². The number of fused-ring (bicyclic) bond motifs is 5. The van der Waals surface area contributed by atoms with Gasteiger partial charge in [0.15, 0.2) is 5.82 Å². The molecule has 0 N–H and O–H groups in total. The summed E-state index contributed by atoms with van der Waals surface area (Å²) in [4.78, 5) is 4.22. The zero-order chi connectivity index (χ0) is 20.2. The highest BCUT2D eigenvalue weighted by atomic mass is 35.5. The molecule has 3 aromatic rings. The number of halogens is 4. The summed E-state index contributed by atoms with van der Waals surface area (Å²) in [6.07, 6.45) is -0.611. The lowest BCUT2D eigenvalue weighted by atomic mass is 10.1. The van der Waals surface area contributed by atoms with Crippen LogP contribution in [0.15, 0.2) is 60.7 Å². The van der Waals surface area contributed by atoms with E-state index >= 15 is 0 Å². The monoisotopic (exact) mass is 417 g/mol. The maximum atomic E-state index is 12.8. The van der Waals surface area contributed by atoms with Crippen LogP contribution in [-0.2, 0) is 19.3 Å². The van der Waals surface area contributed by atoms with Crippen molar-refractivity contribution in [3.8, 4) is 11.4 Å². The van der Waals surface area contributed by atoms with Gasteiger partial charge in [0.2, 0.25) is 0 Å². The largest absolute Gasteiger partial charge is 0.416 e. The first kappa shape index (κ1) is 18.1. The zero-order valence-corrected chi connectivity index (χ0v) is 15.8. The molecule has 0 unspecified atom stereocenters. The summed E-state index contributed by atoms with van der Waals surface area (Å²) in [6.45, 7) is 1.67. The van der Waals surface area contributed by atoms with Crippen LogP contribution in [0.2, 0.25) is 5.02 Å². The van der Waals surface area contributed by atoms with Gasteiger partial charge in [-0.15, -0.1) is 10.2 Å². The molecular formula is C20H15ClF3N5. The van der Waals surface area contributed by atoms with Crippen molar-refractivity contribution in [3.63, 3.8) is 0 Å². The minimum absolute atomic E-state index is 0.503. The van der Waals surface area contributed by atoms with Gasteiger partial charge in [-0.25, -0.2) is 0 Å². The molecule has 3 heterocycles. The molecule has 0 atom stereocenters. The van der Waals surface area contributed by atoms with Crippen molar-refractivity contribution in [2.24, 2.45) is 0 Å². The molecule has 148 valence electrons. The highest BCUT2D eigenvalue weighted by Gasteiger charge is 2.31. The fourth-order valence-corrected chi connectivity index (χ4v) is 3.92. The molecule has 5 nitrogen and oxygen atoms in total. The van der Waals surface area contributed by atoms with Crippen molar-refractivity contribution in [2.45, 2.75) is 19.3 Å². The van der Waals surface area contributed by atoms with Crippen LogP contribution in [0.4, 0.5) is 18.9 Å². The maximum Gasteiger partial charge on any atom is 0.416 e. The topological polar surface area (TPSA) is 37.2 Å². The molecule has 2 aromatic carbocycles. The molecule has 1 aromatic heterocycles. The predicted octanol–water partition coefficient (Wildman–Crippen LogP) is 4.75. The maximum absolute atomic E-state index is 12.8. The SMILES string of the molecule is FC(F)(F)c1ccc(CN2C=C3Cn4cnnc4-c4ccc(Cl)cc4N3C2)cc1. The Hall–Kier alpha value is -3.00. The molecule has 0 bridgehead atoms. The van der Waals surface area contributed by atoms with Gasteiger partial charge in [-0.1, -0.05) is 23.7 Å². The second kappa shape index (κ2) is 6.52. The highest BCUT2D eigenvalue weighted by molar-refractivity contribution is 6.31. The second-order valence-electron chi connectivity index (χ2n) is 7.08. The lowest BCUT2D eigenvalue weighted by molar-refractivity contribution is -0.137. The number of benzene rings is 2. The summed E-state index contributed by atoms with van der Waals surface area (Å²) in [5, 5.41) is 8.89. The van der Waals surface area contributed by atoms with Crippen molar-refractivity contribution >= 4 is 17.3 Å². The van der Waals surface area contributed by atoms with E-state index in [9.17, 15) is 13.2 Å². The molecule has 9 heteroatoms. The minimum atomic E-state index is -4.33. The van der Waals surface area contributed by atoms with Gasteiger partial charge >= 0.3 is 6.18 Å². The Balaban J connectivity index is 1.45. The van der Waals surface area contributed by atoms with Crippen molar-refractivity contribution in [2.75, 3.05) is 11.6 Å². The fraction of sp³-hybridized carbons (Fsp3) is 0.200. The van der Waals surface area contributed by atoms with Crippen molar-refractivity contribution < 1.29 is 13.2 Å². The van der Waals surface area contributed by atoms with Gasteiger partial charge < -0.3 is 14.4 Å². The minimum Gasteiger partial charge on any atom is -0.354 e. The summed E-state index contributed by atoms with van der Waals surface area (Å²) < 4.78 is 40.3. The Labute approximate surface area is 169 Å². The summed E-state index contributed by atoms with van der Waals surface area (Å²) in [5.74, 6) is 0.779. The summed E-state index contributed by atoms with van der Waals surface area (Å²) >= 11 is 6.24. The standard InChI is InChI=1S/C20H15ClF3N5/c21-15-5-6-17-18(7-15)29-12-27(9-16(29)10-28-11-25-26-19(17)28)8-13-1-3-14(4-2-13)20(22,23)24/h1-7,9,11H,8,10,12H2. The molecule has 5 rings (SSSR count). The third-order valence-corrected chi connectivity index (χ3v) is 5.34. The van der Waals surface area contributed by atoms with Gasteiger partial charge in [-0.2, -0.15) is 13.2 Å². The van der Waals surface area contributed by atoms with Crippen LogP contribution in [-0.4, -0.2) is 26.3 Å². The Kier molecular flexibility index (Phi) is 4.06. The fourth-order valence-electron chi connectivity index (χ4n) is 3.75. The number of aromatic nitrogens is 3. The molecule has 0 fully saturated rings. The second-order valence-corrected chi connectivity index (χ2v) is 7.51. The van der Waals surface area contributed by atoms with Gasteiger partial charge in [0, 0.05) is 23.3 Å². The Morgan fingerprint density at radius 1 is 1.07 bits per heavy atom. The van der Waals surface area contributed by atoms with Crippen molar-refractivity contribution in [1.29, 1.82) is 0 Å². The highest BCUT2D eigenvalue weighted by Crippen LogP contribution is 2.39. The first-order valence-corrected chi connectivity index (χ1v) is 9.32. The molecule has 0 saturated carbocycles. The van der Waals surface area contributed by atoms with E-state index in [0.29, 0.717) is 24.8 Å². The van der Waals surface area contributed by atoms with E-state index in [-0.39, 0.29) is 0 Å². The van der Waals surface area contributed by atoms with E-state index in [1.807, 2.05) is 29.0 Å². The first-order chi connectivity index (χ1) is 13.9. The average Bonchev–Trinajstić information content (AvgIpc) is 3.26. The van der Waals surface area contributed by atoms with E-state index < -0.39 is 11.7 Å². The summed E-state index contributed by atoms with van der Waals surface area (Å²) in [5.41, 5.74) is 3.08. The smallest absolute Gasteiger partial charge is 0.354 e. The lowest BCUT2D eigenvalue weighted by Gasteiger charge is -2.24. The number of hydrogen-bond acceptors (Lipinski definition) is 4. The van der Waals surface area contributed by atoms with E-state index in [1.165, 1.54) is 12.1 Å². The van der Waals surface area contributed by atoms with Crippen LogP contribution in [0, 0.1) is 0 Å². The van der Waals surface area contributed by atoms with E-state index in [2.05, 4.69) is 20.0 Å². The van der Waals surface area contributed by atoms with Crippen LogP contribution in [0.25, 0.3) is 11.4 Å². The molecule has 0 aliphatic carbocycles. The molecule has 2 aliphatic rings. The van der Waals surface area contributed by atoms with E-state index in [1.54, 1.807) is 6.33 Å². The first-order valence-electron chi connectivity index (χ1n) is 8.95. The normalized spacial score (nSPS) is 15.5. The number of anilines is 1. The summed E-state index contributed by atoms with van der Waals surface area (Å²) in [6, 6.07) is 10.9. The van der Waals surface area contributed by atoms with Crippen LogP contribution >= 0.6 is 11.6 Å². The van der Waals surface area contributed by atoms with Gasteiger partial charge in [0.05, 0.1) is 30.2 Å². The third kappa shape index (κ3) is 3.23. The molecule has 29 heavy (non-hydrogen) atoms. The van der Waals surface area contributed by atoms with Crippen molar-refractivity contribution in [3.05, 3.63) is 76.8 Å². The molecule has 0 radical (unpaired) electrons. The molecule has 0 saturated heterocycles. The average molecular weight is 418 g/mol. The Morgan fingerprint density at radius 3 is 2.62 bits per heavy atom. The van der Waals surface area contributed by atoms with Gasteiger partial charge in [-0.3, -0.25) is 0 Å². The summed E-state index contributed by atoms with van der Waals surface area (Å²) in [7, 11) is 0. The van der Waals surface area contributed by atoms with Crippen LogP contribution in [0.5, 0.6) is 0 Å². The van der Waals surface area contributed by atoms with E-state index in [4.69, 9.17) is 11.6 Å². The molecule has 0 spiro atoms. The zero-order valence-electron chi connectivity index (χ0n) is 15.1. The predicted molar refractivity (Wildman–Crippen MR) is 103 cm³/mol. The lowest BCUT2D eigenvalue weighted by Crippen LogP contribution is -2.27. The number of alkyl halides is 3. The van der Waals surface area contributed by atoms with E-state index in [0.717, 1.165) is 40.5 Å². The number of rotatable bonds is 2. The van der Waals surface area contributed by atoms with Gasteiger partial charge in [-0.05, 0) is 35.9 Å². The number of nitrogens with zero attached hydrogens (tertiary/aromatic N) is 5. The molecular weight excluding hydrogens is 403 g/mol. The van der Waals surface area contributed by atoms with Crippen LogP contribution in [0.3, 0.4) is 0 Å². The number of hydrogen-bond donors (Lipinski definition) is 0. The third-order valence-electron chi connectivity index (χ3n) is 5.11. The van der Waals surface area contributed by atoms with Crippen LogP contribution < -0.4 is 4.90 Å². The van der Waals surface area contributed by atoms with Crippen LogP contribution in [0.1, 0.15) is 11.1 Å². The molecule has 2 aliphatic heterocycles. The van der Waals surface area contributed by atoms with Crippen molar-refractivity contribution in [1.82, 2.24) is 19.7 Å². The molecule has 0 amide bonds. The number of allylic oxidation sites excluding steroid dienone is 1. The quantitative estimate of drug-likeness (QED) is 0.603. The Bertz CT molecular complexity index is 1100.